The molecule has 6 heteroatoms. The van der Waals surface area contributed by atoms with E-state index in [0.717, 1.165) is 12.8 Å². The van der Waals surface area contributed by atoms with Crippen LogP contribution in [0.3, 0.4) is 0 Å². The van der Waals surface area contributed by atoms with Crippen molar-refractivity contribution >= 4 is 0 Å². The highest BCUT2D eigenvalue weighted by Crippen LogP contribution is 2.04. The first-order valence-corrected chi connectivity index (χ1v) is 5.00. The molecule has 0 aliphatic carbocycles. The Bertz CT molecular complexity index is 321. The lowest BCUT2D eigenvalue weighted by molar-refractivity contribution is 0.259. The Morgan fingerprint density at radius 1 is 1.13 bits per heavy atom. The Morgan fingerprint density at radius 3 is 2.47 bits per heavy atom. The number of nitrogens with zero attached hydrogens (tertiary/aromatic N) is 2. The van der Waals surface area contributed by atoms with Crippen molar-refractivity contribution in [3.63, 3.8) is 0 Å². The maximum Gasteiger partial charge on any atom is 0.353 e. The first kappa shape index (κ1) is 11.5. The highest BCUT2D eigenvalue weighted by molar-refractivity contribution is 4.99. The van der Waals surface area contributed by atoms with Gasteiger partial charge in [0.1, 0.15) is 0 Å². The molecule has 0 radical (unpaired) electrons. The fraction of sp³-hybridized carbons (Fsp3) is 0.667. The van der Waals surface area contributed by atoms with E-state index in [0.29, 0.717) is 13.2 Å². The van der Waals surface area contributed by atoms with Crippen molar-refractivity contribution in [1.29, 1.82) is 0 Å². The van der Waals surface area contributed by atoms with Gasteiger partial charge < -0.3 is 9.47 Å². The minimum atomic E-state index is -0.512. The lowest BCUT2D eigenvalue weighted by atomic mass is 10.5. The van der Waals surface area contributed by atoms with Crippen molar-refractivity contribution in [1.82, 2.24) is 15.0 Å². The molecule has 1 aromatic heterocycles. The fourth-order valence-electron chi connectivity index (χ4n) is 0.871. The summed E-state index contributed by atoms with van der Waals surface area (Å²) in [6.45, 7) is 4.91. The monoisotopic (exact) mass is 213 g/mol. The van der Waals surface area contributed by atoms with Gasteiger partial charge in [-0.25, -0.2) is 4.79 Å². The zero-order valence-electron chi connectivity index (χ0n) is 8.95. The molecule has 1 aromatic rings. The van der Waals surface area contributed by atoms with E-state index in [-0.39, 0.29) is 12.0 Å². The summed E-state index contributed by atoms with van der Waals surface area (Å²) in [5, 5.41) is 0. The number of rotatable bonds is 6. The van der Waals surface area contributed by atoms with Crippen LogP contribution in [0, 0.1) is 0 Å². The van der Waals surface area contributed by atoms with Gasteiger partial charge in [-0.05, 0) is 12.8 Å². The first-order valence-electron chi connectivity index (χ1n) is 5.00. The number of H-pyrrole nitrogens is 1. The quantitative estimate of drug-likeness (QED) is 0.754. The Labute approximate surface area is 87.7 Å². The molecule has 84 valence electrons. The van der Waals surface area contributed by atoms with Crippen molar-refractivity contribution in [2.24, 2.45) is 0 Å². The molecule has 0 aliphatic rings. The summed E-state index contributed by atoms with van der Waals surface area (Å²) in [7, 11) is 0. The molecule has 0 aliphatic heterocycles. The van der Waals surface area contributed by atoms with Crippen molar-refractivity contribution in [2.75, 3.05) is 13.2 Å². The zero-order valence-corrected chi connectivity index (χ0v) is 8.95. The smallest absolute Gasteiger partial charge is 0.353 e. The minimum Gasteiger partial charge on any atom is -0.465 e. The Kier molecular flexibility index (Phi) is 4.59. The number of hydrogen-bond donors (Lipinski definition) is 1. The number of aromatic nitrogens is 3. The van der Waals surface area contributed by atoms with E-state index in [2.05, 4.69) is 15.0 Å². The molecule has 15 heavy (non-hydrogen) atoms. The van der Waals surface area contributed by atoms with Gasteiger partial charge in [0.25, 0.3) is 0 Å². The van der Waals surface area contributed by atoms with Gasteiger partial charge in [0.2, 0.25) is 0 Å². The molecule has 0 amide bonds. The third kappa shape index (κ3) is 3.97. The molecule has 1 rings (SSSR count). The summed E-state index contributed by atoms with van der Waals surface area (Å²) in [5.74, 6) is 0. The summed E-state index contributed by atoms with van der Waals surface area (Å²) >= 11 is 0. The lowest BCUT2D eigenvalue weighted by Crippen LogP contribution is -2.16. The maximum atomic E-state index is 11.1. The van der Waals surface area contributed by atoms with E-state index in [1.165, 1.54) is 0 Å². The topological polar surface area (TPSA) is 77.1 Å². The highest BCUT2D eigenvalue weighted by Gasteiger charge is 2.03. The second-order valence-corrected chi connectivity index (χ2v) is 2.94. The molecule has 1 N–H and O–H groups in total. The molecule has 0 unspecified atom stereocenters. The fourth-order valence-corrected chi connectivity index (χ4v) is 0.871. The number of hydrogen-bond acceptors (Lipinski definition) is 5. The third-order valence-electron chi connectivity index (χ3n) is 1.49. The number of nitrogens with one attached hydrogen (secondary N) is 1. The van der Waals surface area contributed by atoms with Gasteiger partial charge >= 0.3 is 17.7 Å². The van der Waals surface area contributed by atoms with Gasteiger partial charge in [-0.3, -0.25) is 4.98 Å². The van der Waals surface area contributed by atoms with Gasteiger partial charge in [0.15, 0.2) is 0 Å². The largest absolute Gasteiger partial charge is 0.465 e. The van der Waals surface area contributed by atoms with Crippen LogP contribution in [0.1, 0.15) is 26.7 Å². The van der Waals surface area contributed by atoms with Gasteiger partial charge in [0.05, 0.1) is 13.2 Å². The van der Waals surface area contributed by atoms with Gasteiger partial charge in [-0.1, -0.05) is 13.8 Å². The standard InChI is InChI=1S/C9H15N3O3/c1-3-5-14-8-10-7(13)11-9(12-8)15-6-4-2/h3-6H2,1-2H3,(H,10,11,12,13). The summed E-state index contributed by atoms with van der Waals surface area (Å²) < 4.78 is 10.3. The molecular formula is C9H15N3O3. The number of ether oxygens (including phenoxy) is 2. The van der Waals surface area contributed by atoms with Gasteiger partial charge in [-0.2, -0.15) is 0 Å². The van der Waals surface area contributed by atoms with Crippen molar-refractivity contribution in [3.8, 4) is 12.0 Å². The van der Waals surface area contributed by atoms with Crippen LogP contribution < -0.4 is 15.2 Å². The number of aromatic amines is 1. The zero-order chi connectivity index (χ0) is 11.1. The van der Waals surface area contributed by atoms with Gasteiger partial charge in [0, 0.05) is 0 Å². The van der Waals surface area contributed by atoms with Gasteiger partial charge in [-0.15, -0.1) is 9.97 Å². The normalized spacial score (nSPS) is 10.0. The van der Waals surface area contributed by atoms with Crippen LogP contribution in [0.25, 0.3) is 0 Å². The van der Waals surface area contributed by atoms with Crippen molar-refractivity contribution in [3.05, 3.63) is 10.5 Å². The van der Waals surface area contributed by atoms with E-state index in [9.17, 15) is 4.79 Å². The maximum absolute atomic E-state index is 11.1. The minimum absolute atomic E-state index is 0.0618. The Morgan fingerprint density at radius 2 is 1.80 bits per heavy atom. The molecular weight excluding hydrogens is 198 g/mol. The van der Waals surface area contributed by atoms with E-state index in [1.54, 1.807) is 0 Å². The van der Waals surface area contributed by atoms with Crippen LogP contribution in [0.2, 0.25) is 0 Å². The summed E-state index contributed by atoms with van der Waals surface area (Å²) in [4.78, 5) is 20.9. The molecule has 0 spiro atoms. The van der Waals surface area contributed by atoms with E-state index in [4.69, 9.17) is 9.47 Å². The van der Waals surface area contributed by atoms with Crippen LogP contribution in [-0.4, -0.2) is 28.2 Å². The predicted molar refractivity (Wildman–Crippen MR) is 54.2 cm³/mol. The average Bonchev–Trinajstić information content (AvgIpc) is 2.23. The van der Waals surface area contributed by atoms with Crippen molar-refractivity contribution < 1.29 is 9.47 Å². The molecule has 0 atom stereocenters. The van der Waals surface area contributed by atoms with Crippen LogP contribution >= 0.6 is 0 Å². The van der Waals surface area contributed by atoms with Crippen molar-refractivity contribution in [2.45, 2.75) is 26.7 Å². The van der Waals surface area contributed by atoms with Crippen LogP contribution in [0.15, 0.2) is 4.79 Å². The molecule has 0 aromatic carbocycles. The molecule has 0 saturated heterocycles. The SMILES string of the molecule is CCCOc1nc(OCCC)[nH]c(=O)n1. The van der Waals surface area contributed by atoms with E-state index >= 15 is 0 Å². The second-order valence-electron chi connectivity index (χ2n) is 2.94. The van der Waals surface area contributed by atoms with E-state index < -0.39 is 5.69 Å². The third-order valence-corrected chi connectivity index (χ3v) is 1.49. The summed E-state index contributed by atoms with van der Waals surface area (Å²) in [6.07, 6.45) is 1.68. The molecule has 1 heterocycles. The van der Waals surface area contributed by atoms with Crippen LogP contribution in [-0.2, 0) is 0 Å². The van der Waals surface area contributed by atoms with E-state index in [1.807, 2.05) is 13.8 Å². The second kappa shape index (κ2) is 6.00. The summed E-state index contributed by atoms with van der Waals surface area (Å²) in [6, 6.07) is 0.217. The molecule has 0 bridgehead atoms. The lowest BCUT2D eigenvalue weighted by Gasteiger charge is -2.04. The summed E-state index contributed by atoms with van der Waals surface area (Å²) in [5.41, 5.74) is -0.512. The average molecular weight is 213 g/mol. The van der Waals surface area contributed by atoms with Crippen LogP contribution in [0.4, 0.5) is 0 Å². The first-order chi connectivity index (χ1) is 7.26. The molecule has 0 fully saturated rings. The highest BCUT2D eigenvalue weighted by atomic mass is 16.5. The molecule has 0 saturated carbocycles. The van der Waals surface area contributed by atoms with Crippen LogP contribution in [0.5, 0.6) is 12.0 Å². The molecule has 6 nitrogen and oxygen atoms in total. The predicted octanol–water partition coefficient (Wildman–Crippen LogP) is 0.742. The Balaban J connectivity index is 2.71. The Hall–Kier alpha value is -1.59.